The summed E-state index contributed by atoms with van der Waals surface area (Å²) in [6.07, 6.45) is 0. The van der Waals surface area contributed by atoms with Gasteiger partial charge in [0.25, 0.3) is 5.56 Å². The fourth-order valence-corrected chi connectivity index (χ4v) is 4.59. The van der Waals surface area contributed by atoms with E-state index in [4.69, 9.17) is 11.6 Å². The van der Waals surface area contributed by atoms with Crippen LogP contribution in [0.3, 0.4) is 0 Å². The molecule has 0 aliphatic heterocycles. The van der Waals surface area contributed by atoms with E-state index in [1.807, 2.05) is 0 Å². The first-order valence-electron chi connectivity index (χ1n) is 7.09. The van der Waals surface area contributed by atoms with Gasteiger partial charge in [-0.25, -0.2) is 8.42 Å². The third kappa shape index (κ3) is 2.46. The molecule has 3 aromatic rings. The number of hydrogen-bond acceptors (Lipinski definition) is 3. The quantitative estimate of drug-likeness (QED) is 0.728. The number of hydrogen-bond donors (Lipinski definition) is 0. The van der Waals surface area contributed by atoms with Gasteiger partial charge in [0, 0.05) is 11.9 Å². The molecule has 0 N–H and O–H groups in total. The van der Waals surface area contributed by atoms with E-state index in [9.17, 15) is 13.2 Å². The number of aromatic nitrogens is 1. The molecule has 23 heavy (non-hydrogen) atoms. The molecule has 3 rings (SSSR count). The van der Waals surface area contributed by atoms with Gasteiger partial charge in [-0.1, -0.05) is 48.0 Å². The van der Waals surface area contributed by atoms with E-state index in [1.165, 1.54) is 16.7 Å². The number of nitrogens with zero attached hydrogens (tertiary/aromatic N) is 1. The first-order valence-corrected chi connectivity index (χ1v) is 8.95. The van der Waals surface area contributed by atoms with E-state index in [2.05, 4.69) is 0 Å². The summed E-state index contributed by atoms with van der Waals surface area (Å²) >= 11 is 6.32. The molecule has 118 valence electrons. The Bertz CT molecular complexity index is 1040. The van der Waals surface area contributed by atoms with Crippen molar-refractivity contribution >= 4 is 32.3 Å². The number of sulfone groups is 1. The second-order valence-electron chi connectivity index (χ2n) is 5.03. The average molecular weight is 348 g/mol. The molecule has 0 saturated carbocycles. The normalized spacial score (nSPS) is 11.7. The Balaban J connectivity index is 2.46. The number of fused-ring (bicyclic) bond motifs is 1. The maximum absolute atomic E-state index is 12.9. The number of halogens is 1. The summed E-state index contributed by atoms with van der Waals surface area (Å²) in [5, 5.41) is 0.518. The summed E-state index contributed by atoms with van der Waals surface area (Å²) < 4.78 is 27.2. The van der Waals surface area contributed by atoms with Gasteiger partial charge in [0.15, 0.2) is 4.90 Å². The fourth-order valence-electron chi connectivity index (χ4n) is 2.61. The molecule has 0 aliphatic carbocycles. The summed E-state index contributed by atoms with van der Waals surface area (Å²) in [6, 6.07) is 14.9. The SMILES string of the molecule is CCn1c(=O)c(S(=O)(=O)c2ccccc2)c(Cl)c2ccccc21. The molecule has 0 bridgehead atoms. The molecule has 4 nitrogen and oxygen atoms in total. The van der Waals surface area contributed by atoms with Crippen LogP contribution in [-0.2, 0) is 16.4 Å². The lowest BCUT2D eigenvalue weighted by Gasteiger charge is -2.14. The highest BCUT2D eigenvalue weighted by atomic mass is 35.5. The predicted octanol–water partition coefficient (Wildman–Crippen LogP) is 3.51. The molecule has 0 amide bonds. The van der Waals surface area contributed by atoms with Crippen molar-refractivity contribution in [3.63, 3.8) is 0 Å². The van der Waals surface area contributed by atoms with E-state index >= 15 is 0 Å². The van der Waals surface area contributed by atoms with Crippen LogP contribution in [0, 0.1) is 0 Å². The smallest absolute Gasteiger partial charge is 0.271 e. The zero-order chi connectivity index (χ0) is 16.6. The molecule has 0 unspecified atom stereocenters. The van der Waals surface area contributed by atoms with E-state index in [1.54, 1.807) is 49.4 Å². The molecule has 0 atom stereocenters. The minimum atomic E-state index is -3.99. The zero-order valence-corrected chi connectivity index (χ0v) is 13.9. The zero-order valence-electron chi connectivity index (χ0n) is 12.4. The molecule has 0 radical (unpaired) electrons. The van der Waals surface area contributed by atoms with Crippen molar-refractivity contribution in [1.29, 1.82) is 0 Å². The Morgan fingerprint density at radius 1 is 1.00 bits per heavy atom. The first-order chi connectivity index (χ1) is 11.0. The maximum Gasteiger partial charge on any atom is 0.271 e. The lowest BCUT2D eigenvalue weighted by atomic mass is 10.2. The lowest BCUT2D eigenvalue weighted by molar-refractivity contribution is 0.592. The van der Waals surface area contributed by atoms with Crippen LogP contribution in [-0.4, -0.2) is 13.0 Å². The van der Waals surface area contributed by atoms with Gasteiger partial charge < -0.3 is 4.57 Å². The summed E-state index contributed by atoms with van der Waals surface area (Å²) in [5.41, 5.74) is 0.0251. The number of aryl methyl sites for hydroxylation is 1. The van der Waals surface area contributed by atoms with Crippen molar-refractivity contribution in [2.75, 3.05) is 0 Å². The molecular formula is C17H14ClNO3S. The highest BCUT2D eigenvalue weighted by Crippen LogP contribution is 2.30. The summed E-state index contributed by atoms with van der Waals surface area (Å²) in [7, 11) is -3.99. The topological polar surface area (TPSA) is 56.1 Å². The van der Waals surface area contributed by atoms with Gasteiger partial charge in [0.05, 0.1) is 15.4 Å². The van der Waals surface area contributed by atoms with Crippen LogP contribution >= 0.6 is 11.6 Å². The van der Waals surface area contributed by atoms with E-state index < -0.39 is 15.4 Å². The van der Waals surface area contributed by atoms with Crippen LogP contribution in [0.25, 0.3) is 10.9 Å². The van der Waals surface area contributed by atoms with Crippen LogP contribution in [0.1, 0.15) is 6.92 Å². The molecule has 0 aliphatic rings. The van der Waals surface area contributed by atoms with Crippen LogP contribution < -0.4 is 5.56 Å². The Kier molecular flexibility index (Phi) is 4.00. The summed E-state index contributed by atoms with van der Waals surface area (Å²) in [6.45, 7) is 2.15. The van der Waals surface area contributed by atoms with Crippen molar-refractivity contribution in [2.45, 2.75) is 23.3 Å². The molecular weight excluding hydrogens is 334 g/mol. The van der Waals surface area contributed by atoms with Crippen LogP contribution in [0.4, 0.5) is 0 Å². The molecule has 0 saturated heterocycles. The Morgan fingerprint density at radius 3 is 2.26 bits per heavy atom. The van der Waals surface area contributed by atoms with Crippen LogP contribution in [0.15, 0.2) is 69.2 Å². The minimum Gasteiger partial charge on any atom is -0.307 e. The molecule has 0 spiro atoms. The van der Waals surface area contributed by atoms with Gasteiger partial charge in [-0.3, -0.25) is 4.79 Å². The van der Waals surface area contributed by atoms with Crippen LogP contribution in [0.2, 0.25) is 5.02 Å². The predicted molar refractivity (Wildman–Crippen MR) is 90.8 cm³/mol. The van der Waals surface area contributed by atoms with Crippen molar-refractivity contribution < 1.29 is 8.42 Å². The van der Waals surface area contributed by atoms with Gasteiger partial charge in [-0.2, -0.15) is 0 Å². The van der Waals surface area contributed by atoms with Gasteiger partial charge in [0.2, 0.25) is 9.84 Å². The average Bonchev–Trinajstić information content (AvgIpc) is 2.56. The highest BCUT2D eigenvalue weighted by molar-refractivity contribution is 7.91. The van der Waals surface area contributed by atoms with E-state index in [0.29, 0.717) is 17.4 Å². The second kappa shape index (κ2) is 5.83. The number of pyridine rings is 1. The van der Waals surface area contributed by atoms with Gasteiger partial charge in [-0.05, 0) is 25.1 Å². The third-order valence-corrected chi connectivity index (χ3v) is 6.02. The largest absolute Gasteiger partial charge is 0.307 e. The van der Waals surface area contributed by atoms with Crippen LogP contribution in [0.5, 0.6) is 0 Å². The Morgan fingerprint density at radius 2 is 1.61 bits per heavy atom. The molecule has 6 heteroatoms. The van der Waals surface area contributed by atoms with Crippen molar-refractivity contribution in [3.05, 3.63) is 70.0 Å². The second-order valence-corrected chi connectivity index (χ2v) is 7.29. The summed E-state index contributed by atoms with van der Waals surface area (Å²) in [4.78, 5) is 12.4. The van der Waals surface area contributed by atoms with E-state index in [-0.39, 0.29) is 14.8 Å². The Labute approximate surface area is 138 Å². The Hall–Kier alpha value is -2.11. The minimum absolute atomic E-state index is 0.0286. The van der Waals surface area contributed by atoms with Crippen molar-refractivity contribution in [2.24, 2.45) is 0 Å². The monoisotopic (exact) mass is 347 g/mol. The fraction of sp³-hybridized carbons (Fsp3) is 0.118. The highest BCUT2D eigenvalue weighted by Gasteiger charge is 2.27. The molecule has 1 heterocycles. The van der Waals surface area contributed by atoms with Gasteiger partial charge in [-0.15, -0.1) is 0 Å². The molecule has 1 aromatic heterocycles. The summed E-state index contributed by atoms with van der Waals surface area (Å²) in [5.74, 6) is 0. The molecule has 2 aromatic carbocycles. The lowest BCUT2D eigenvalue weighted by Crippen LogP contribution is -2.26. The number of para-hydroxylation sites is 1. The maximum atomic E-state index is 12.9. The third-order valence-electron chi connectivity index (χ3n) is 3.71. The number of benzene rings is 2. The van der Waals surface area contributed by atoms with Crippen molar-refractivity contribution in [1.82, 2.24) is 4.57 Å². The standard InChI is InChI=1S/C17H14ClNO3S/c1-2-19-14-11-7-6-10-13(14)15(18)16(17(19)20)23(21,22)12-8-4-3-5-9-12/h3-11H,2H2,1H3. The van der Waals surface area contributed by atoms with E-state index in [0.717, 1.165) is 0 Å². The van der Waals surface area contributed by atoms with Crippen molar-refractivity contribution in [3.8, 4) is 0 Å². The van der Waals surface area contributed by atoms with Gasteiger partial charge >= 0.3 is 0 Å². The first kappa shape index (κ1) is 15.8. The number of rotatable bonds is 3. The van der Waals surface area contributed by atoms with Gasteiger partial charge in [0.1, 0.15) is 0 Å². The molecule has 0 fully saturated rings.